The second kappa shape index (κ2) is 6.91. The minimum Gasteiger partial charge on any atom is -0.387 e. The number of aryl methyl sites for hydroxylation is 1. The number of fused-ring (bicyclic) bond motifs is 1. The van der Waals surface area contributed by atoms with Gasteiger partial charge in [-0.05, 0) is 50.8 Å². The molecular weight excluding hydrogens is 288 g/mol. The van der Waals surface area contributed by atoms with Crippen molar-refractivity contribution in [3.8, 4) is 0 Å². The molecule has 1 aromatic heterocycles. The zero-order valence-corrected chi connectivity index (χ0v) is 15.0. The number of likely N-dealkylation sites (tertiary alicyclic amines) is 1. The standard InChI is InChI=1S/C18H32N4O/c1-15(23)17-11-16-12-21(9-6-10-22(16)19-17)14-18(2,3)13-20-7-4-5-8-20/h11,15,23H,4-10,12-14H2,1-3H3/t15-/m0/s1. The van der Waals surface area contributed by atoms with Gasteiger partial charge < -0.3 is 10.0 Å². The number of rotatable bonds is 5. The molecular formula is C18H32N4O. The Hall–Kier alpha value is -0.910. The van der Waals surface area contributed by atoms with Gasteiger partial charge in [-0.2, -0.15) is 5.10 Å². The van der Waals surface area contributed by atoms with Gasteiger partial charge in [-0.15, -0.1) is 0 Å². The van der Waals surface area contributed by atoms with E-state index >= 15 is 0 Å². The van der Waals surface area contributed by atoms with E-state index in [-0.39, 0.29) is 0 Å². The molecule has 5 nitrogen and oxygen atoms in total. The lowest BCUT2D eigenvalue weighted by molar-refractivity contribution is 0.129. The smallest absolute Gasteiger partial charge is 0.0950 e. The third-order valence-electron chi connectivity index (χ3n) is 5.04. The van der Waals surface area contributed by atoms with Crippen LogP contribution in [-0.4, -0.2) is 57.4 Å². The molecule has 3 rings (SSSR count). The third-order valence-corrected chi connectivity index (χ3v) is 5.04. The van der Waals surface area contributed by atoms with Crippen molar-refractivity contribution in [2.45, 2.75) is 59.2 Å². The zero-order chi connectivity index (χ0) is 16.4. The summed E-state index contributed by atoms with van der Waals surface area (Å²) in [7, 11) is 0. The number of aromatic nitrogens is 2. The second-order valence-corrected chi connectivity index (χ2v) is 8.17. The Morgan fingerprint density at radius 1 is 1.09 bits per heavy atom. The van der Waals surface area contributed by atoms with Crippen molar-refractivity contribution in [3.05, 3.63) is 17.5 Å². The van der Waals surface area contributed by atoms with Crippen molar-refractivity contribution >= 4 is 0 Å². The van der Waals surface area contributed by atoms with Crippen LogP contribution in [0.3, 0.4) is 0 Å². The largest absolute Gasteiger partial charge is 0.387 e. The lowest BCUT2D eigenvalue weighted by Gasteiger charge is -2.35. The number of nitrogens with zero attached hydrogens (tertiary/aromatic N) is 4. The second-order valence-electron chi connectivity index (χ2n) is 8.17. The fourth-order valence-electron chi connectivity index (χ4n) is 4.09. The Morgan fingerprint density at radius 2 is 1.74 bits per heavy atom. The van der Waals surface area contributed by atoms with E-state index in [0.29, 0.717) is 5.41 Å². The maximum Gasteiger partial charge on any atom is 0.0950 e. The highest BCUT2D eigenvalue weighted by atomic mass is 16.3. The van der Waals surface area contributed by atoms with Crippen molar-refractivity contribution in [1.82, 2.24) is 19.6 Å². The van der Waals surface area contributed by atoms with Gasteiger partial charge in [-0.25, -0.2) is 0 Å². The molecule has 130 valence electrons. The first-order valence-corrected chi connectivity index (χ1v) is 9.12. The summed E-state index contributed by atoms with van der Waals surface area (Å²) in [5, 5.41) is 14.3. The van der Waals surface area contributed by atoms with Crippen LogP contribution >= 0.6 is 0 Å². The molecule has 0 spiro atoms. The third kappa shape index (κ3) is 4.34. The van der Waals surface area contributed by atoms with Gasteiger partial charge in [0.25, 0.3) is 0 Å². The topological polar surface area (TPSA) is 44.5 Å². The van der Waals surface area contributed by atoms with Crippen LogP contribution in [0.25, 0.3) is 0 Å². The summed E-state index contributed by atoms with van der Waals surface area (Å²) < 4.78 is 2.09. The molecule has 1 atom stereocenters. The summed E-state index contributed by atoms with van der Waals surface area (Å²) in [4.78, 5) is 5.19. The first-order valence-electron chi connectivity index (χ1n) is 9.12. The van der Waals surface area contributed by atoms with Crippen molar-refractivity contribution < 1.29 is 5.11 Å². The molecule has 1 N–H and O–H groups in total. The van der Waals surface area contributed by atoms with Crippen molar-refractivity contribution in [2.24, 2.45) is 5.41 Å². The molecule has 0 radical (unpaired) electrons. The van der Waals surface area contributed by atoms with Crippen LogP contribution in [0.2, 0.25) is 0 Å². The normalized spacial score (nSPS) is 22.1. The van der Waals surface area contributed by atoms with Crippen LogP contribution in [0.15, 0.2) is 6.07 Å². The lowest BCUT2D eigenvalue weighted by atomic mass is 9.91. The number of hydrogen-bond donors (Lipinski definition) is 1. The molecule has 5 heteroatoms. The van der Waals surface area contributed by atoms with Crippen LogP contribution in [-0.2, 0) is 13.1 Å². The Kier molecular flexibility index (Phi) is 5.09. The molecule has 0 amide bonds. The highest BCUT2D eigenvalue weighted by Crippen LogP contribution is 2.24. The molecule has 1 aromatic rings. The van der Waals surface area contributed by atoms with E-state index in [4.69, 9.17) is 0 Å². The van der Waals surface area contributed by atoms with E-state index < -0.39 is 6.10 Å². The zero-order valence-electron chi connectivity index (χ0n) is 15.0. The predicted octanol–water partition coefficient (Wildman–Crippen LogP) is 2.26. The van der Waals surface area contributed by atoms with E-state index in [9.17, 15) is 5.11 Å². The fourth-order valence-corrected chi connectivity index (χ4v) is 4.09. The molecule has 0 aromatic carbocycles. The van der Waals surface area contributed by atoms with Crippen LogP contribution in [0, 0.1) is 5.41 Å². The van der Waals surface area contributed by atoms with Crippen LogP contribution < -0.4 is 0 Å². The average Bonchev–Trinajstić information content (AvgIpc) is 3.05. The molecule has 0 unspecified atom stereocenters. The molecule has 23 heavy (non-hydrogen) atoms. The van der Waals surface area contributed by atoms with Crippen LogP contribution in [0.4, 0.5) is 0 Å². The molecule has 0 saturated carbocycles. The van der Waals surface area contributed by atoms with Crippen LogP contribution in [0.1, 0.15) is 57.5 Å². The molecule has 0 bridgehead atoms. The molecule has 1 saturated heterocycles. The lowest BCUT2D eigenvalue weighted by Crippen LogP contribution is -2.41. The molecule has 0 aliphatic carbocycles. The minimum absolute atomic E-state index is 0.312. The molecule has 3 heterocycles. The van der Waals surface area contributed by atoms with E-state index in [0.717, 1.165) is 38.3 Å². The Morgan fingerprint density at radius 3 is 2.43 bits per heavy atom. The summed E-state index contributed by atoms with van der Waals surface area (Å²) in [6.45, 7) is 14.5. The molecule has 2 aliphatic rings. The summed E-state index contributed by atoms with van der Waals surface area (Å²) in [5.74, 6) is 0. The maximum atomic E-state index is 9.76. The monoisotopic (exact) mass is 320 g/mol. The maximum absolute atomic E-state index is 9.76. The summed E-state index contributed by atoms with van der Waals surface area (Å²) in [6.07, 6.45) is 3.38. The number of hydrogen-bond acceptors (Lipinski definition) is 4. The molecule has 2 aliphatic heterocycles. The predicted molar refractivity (Wildman–Crippen MR) is 92.2 cm³/mol. The highest BCUT2D eigenvalue weighted by molar-refractivity contribution is 5.13. The number of aliphatic hydroxyl groups is 1. The van der Waals surface area contributed by atoms with Gasteiger partial charge in [0.05, 0.1) is 17.5 Å². The first kappa shape index (κ1) is 16.9. The first-order chi connectivity index (χ1) is 10.9. The molecule has 1 fully saturated rings. The summed E-state index contributed by atoms with van der Waals surface area (Å²) in [5.41, 5.74) is 2.36. The average molecular weight is 320 g/mol. The Balaban J connectivity index is 1.63. The van der Waals surface area contributed by atoms with E-state index in [2.05, 4.69) is 39.5 Å². The van der Waals surface area contributed by atoms with Crippen molar-refractivity contribution in [1.29, 1.82) is 0 Å². The van der Waals surface area contributed by atoms with Gasteiger partial charge in [-0.1, -0.05) is 13.8 Å². The summed E-state index contributed by atoms with van der Waals surface area (Å²) >= 11 is 0. The van der Waals surface area contributed by atoms with Gasteiger partial charge in [0, 0.05) is 32.7 Å². The fraction of sp³-hybridized carbons (Fsp3) is 0.833. The van der Waals surface area contributed by atoms with E-state index in [1.165, 1.54) is 38.2 Å². The van der Waals surface area contributed by atoms with Gasteiger partial charge in [0.2, 0.25) is 0 Å². The van der Waals surface area contributed by atoms with Crippen molar-refractivity contribution in [2.75, 3.05) is 32.7 Å². The number of aliphatic hydroxyl groups excluding tert-OH is 1. The van der Waals surface area contributed by atoms with Gasteiger partial charge in [0.15, 0.2) is 0 Å². The summed E-state index contributed by atoms with van der Waals surface area (Å²) in [6, 6.07) is 2.08. The van der Waals surface area contributed by atoms with Gasteiger partial charge in [-0.3, -0.25) is 9.58 Å². The Labute approximate surface area is 140 Å². The SMILES string of the molecule is C[C@H](O)c1cc2n(n1)CCCN(CC(C)(C)CN1CCCC1)C2. The quantitative estimate of drug-likeness (QED) is 0.904. The van der Waals surface area contributed by atoms with Gasteiger partial charge in [0.1, 0.15) is 0 Å². The van der Waals surface area contributed by atoms with Gasteiger partial charge >= 0.3 is 0 Å². The van der Waals surface area contributed by atoms with Crippen molar-refractivity contribution in [3.63, 3.8) is 0 Å². The van der Waals surface area contributed by atoms with E-state index in [1.54, 1.807) is 6.92 Å². The van der Waals surface area contributed by atoms with E-state index in [1.807, 2.05) is 0 Å². The minimum atomic E-state index is -0.477. The highest BCUT2D eigenvalue weighted by Gasteiger charge is 2.28. The Bertz CT molecular complexity index is 517. The van der Waals surface area contributed by atoms with Crippen LogP contribution in [0.5, 0.6) is 0 Å².